The van der Waals surface area contributed by atoms with Crippen molar-refractivity contribution in [3.63, 3.8) is 0 Å². The van der Waals surface area contributed by atoms with Crippen LogP contribution in [0.5, 0.6) is 0 Å². The lowest BCUT2D eigenvalue weighted by Crippen LogP contribution is -2.40. The quantitative estimate of drug-likeness (QED) is 0.876. The Bertz CT molecular complexity index is 729. The fraction of sp³-hybridized carbons (Fsp3) is 0.556. The monoisotopic (exact) mass is 382 g/mol. The first-order valence-corrected chi connectivity index (χ1v) is 8.86. The van der Waals surface area contributed by atoms with Gasteiger partial charge < -0.3 is 15.0 Å². The van der Waals surface area contributed by atoms with Gasteiger partial charge in [-0.1, -0.05) is 36.2 Å². The number of rotatable bonds is 4. The molecule has 1 saturated carbocycles. The van der Waals surface area contributed by atoms with Gasteiger partial charge in [-0.25, -0.2) is 4.39 Å². The summed E-state index contributed by atoms with van der Waals surface area (Å²) < 4.78 is 25.5. The summed E-state index contributed by atoms with van der Waals surface area (Å²) >= 11 is 0. The van der Waals surface area contributed by atoms with Gasteiger partial charge in [-0.05, 0) is 18.9 Å². The maximum Gasteiger partial charge on any atom is 0.248 e. The van der Waals surface area contributed by atoms with Crippen LogP contribution in [0.1, 0.15) is 49.0 Å². The van der Waals surface area contributed by atoms with Crippen LogP contribution in [0.15, 0.2) is 28.8 Å². The summed E-state index contributed by atoms with van der Waals surface area (Å²) in [6.07, 6.45) is 3.85. The summed E-state index contributed by atoms with van der Waals surface area (Å²) in [4.78, 5) is 6.73. The van der Waals surface area contributed by atoms with E-state index in [-0.39, 0.29) is 18.2 Å². The zero-order valence-electron chi connectivity index (χ0n) is 14.6. The molecule has 1 aromatic heterocycles. The van der Waals surface area contributed by atoms with Gasteiger partial charge in [0, 0.05) is 18.7 Å². The molecule has 2 aromatic rings. The lowest BCUT2D eigenvalue weighted by molar-refractivity contribution is 0.0174. The molecule has 1 aliphatic carbocycles. The highest BCUT2D eigenvalue weighted by atomic mass is 35.5. The van der Waals surface area contributed by atoms with Crippen LogP contribution in [-0.2, 0) is 10.3 Å². The van der Waals surface area contributed by atoms with Gasteiger partial charge >= 0.3 is 0 Å². The van der Waals surface area contributed by atoms with E-state index in [4.69, 9.17) is 15.0 Å². The van der Waals surface area contributed by atoms with Crippen molar-refractivity contribution in [2.24, 2.45) is 5.73 Å². The Labute approximate surface area is 158 Å². The van der Waals surface area contributed by atoms with Gasteiger partial charge in [-0.3, -0.25) is 4.90 Å². The molecule has 8 heteroatoms. The van der Waals surface area contributed by atoms with Gasteiger partial charge in [-0.2, -0.15) is 4.98 Å². The summed E-state index contributed by atoms with van der Waals surface area (Å²) in [5.74, 6) is 0.662. The number of hydrogen-bond donors (Lipinski definition) is 1. The number of aromatic nitrogens is 2. The second-order valence-electron chi connectivity index (χ2n) is 6.89. The van der Waals surface area contributed by atoms with Crippen molar-refractivity contribution in [3.05, 3.63) is 47.4 Å². The van der Waals surface area contributed by atoms with Crippen molar-refractivity contribution in [2.45, 2.75) is 37.3 Å². The van der Waals surface area contributed by atoms with E-state index in [2.05, 4.69) is 15.0 Å². The fourth-order valence-electron chi connectivity index (χ4n) is 3.80. The van der Waals surface area contributed by atoms with E-state index in [0.717, 1.165) is 25.7 Å². The molecule has 142 valence electrons. The van der Waals surface area contributed by atoms with Crippen molar-refractivity contribution in [2.75, 3.05) is 26.3 Å². The SMILES string of the molecule is Cl.NC1(c2noc(C(c3ccccc3F)N3CCOCC3)n2)CCCC1. The van der Waals surface area contributed by atoms with Gasteiger partial charge in [0.2, 0.25) is 5.89 Å². The number of nitrogens with two attached hydrogens (primary N) is 1. The molecule has 0 radical (unpaired) electrons. The molecule has 1 aliphatic heterocycles. The number of hydrogen-bond acceptors (Lipinski definition) is 6. The fourth-order valence-corrected chi connectivity index (χ4v) is 3.80. The third kappa shape index (κ3) is 3.62. The highest BCUT2D eigenvalue weighted by Gasteiger charge is 2.38. The Kier molecular flexibility index (Phi) is 5.92. The summed E-state index contributed by atoms with van der Waals surface area (Å²) in [6.45, 7) is 2.58. The Morgan fingerprint density at radius 2 is 1.85 bits per heavy atom. The number of halogens is 2. The highest BCUT2D eigenvalue weighted by molar-refractivity contribution is 5.85. The molecule has 0 bridgehead atoms. The number of benzene rings is 1. The zero-order chi connectivity index (χ0) is 17.3. The Balaban J connectivity index is 0.00000196. The molecule has 2 aliphatic rings. The molecule has 4 rings (SSSR count). The molecular formula is C18H24ClFN4O2. The number of morpholine rings is 1. The second-order valence-corrected chi connectivity index (χ2v) is 6.89. The number of ether oxygens (including phenoxy) is 1. The summed E-state index contributed by atoms with van der Waals surface area (Å²) in [6, 6.07) is 6.32. The Morgan fingerprint density at radius 3 is 2.54 bits per heavy atom. The first kappa shape index (κ1) is 19.2. The molecule has 1 unspecified atom stereocenters. The van der Waals surface area contributed by atoms with E-state index in [1.807, 2.05) is 6.07 Å². The maximum atomic E-state index is 14.5. The van der Waals surface area contributed by atoms with Crippen molar-refractivity contribution in [3.8, 4) is 0 Å². The summed E-state index contributed by atoms with van der Waals surface area (Å²) in [5, 5.41) is 4.15. The molecule has 2 heterocycles. The number of nitrogens with zero attached hydrogens (tertiary/aromatic N) is 3. The third-order valence-corrected chi connectivity index (χ3v) is 5.23. The summed E-state index contributed by atoms with van der Waals surface area (Å²) in [7, 11) is 0. The first-order valence-electron chi connectivity index (χ1n) is 8.86. The van der Waals surface area contributed by atoms with Crippen LogP contribution in [0.2, 0.25) is 0 Å². The molecule has 2 fully saturated rings. The molecule has 6 nitrogen and oxygen atoms in total. The molecule has 26 heavy (non-hydrogen) atoms. The van der Waals surface area contributed by atoms with E-state index < -0.39 is 11.6 Å². The predicted octanol–water partition coefficient (Wildman–Crippen LogP) is 2.78. The van der Waals surface area contributed by atoms with Crippen LogP contribution < -0.4 is 5.73 Å². The topological polar surface area (TPSA) is 77.4 Å². The van der Waals surface area contributed by atoms with Crippen LogP contribution in [0.3, 0.4) is 0 Å². The molecule has 1 aromatic carbocycles. The second kappa shape index (κ2) is 8.00. The van der Waals surface area contributed by atoms with E-state index in [1.165, 1.54) is 6.07 Å². The molecule has 2 N–H and O–H groups in total. The van der Waals surface area contributed by atoms with Crippen molar-refractivity contribution in [1.29, 1.82) is 0 Å². The van der Waals surface area contributed by atoms with E-state index in [0.29, 0.717) is 43.6 Å². The highest BCUT2D eigenvalue weighted by Crippen LogP contribution is 2.36. The molecule has 1 atom stereocenters. The minimum atomic E-state index is -0.521. The minimum absolute atomic E-state index is 0. The molecule has 0 spiro atoms. The first-order chi connectivity index (χ1) is 12.2. The Hall–Kier alpha value is -1.54. The Morgan fingerprint density at radius 1 is 1.15 bits per heavy atom. The normalized spacial score (nSPS) is 21.3. The predicted molar refractivity (Wildman–Crippen MR) is 96.5 cm³/mol. The zero-order valence-corrected chi connectivity index (χ0v) is 15.4. The van der Waals surface area contributed by atoms with Crippen LogP contribution in [0.25, 0.3) is 0 Å². The van der Waals surface area contributed by atoms with Gasteiger partial charge in [0.05, 0.1) is 18.8 Å². The van der Waals surface area contributed by atoms with E-state index >= 15 is 0 Å². The average molecular weight is 383 g/mol. The molecular weight excluding hydrogens is 359 g/mol. The van der Waals surface area contributed by atoms with Gasteiger partial charge in [0.15, 0.2) is 5.82 Å². The standard InChI is InChI=1S/C18H23FN4O2.ClH/c19-14-6-2-1-5-13(14)15(23-9-11-24-12-10-23)16-21-17(22-25-16)18(20)7-3-4-8-18;/h1-2,5-6,15H,3-4,7-12,20H2;1H. The van der Waals surface area contributed by atoms with Crippen LogP contribution in [-0.4, -0.2) is 41.3 Å². The van der Waals surface area contributed by atoms with Crippen molar-refractivity contribution < 1.29 is 13.7 Å². The van der Waals surface area contributed by atoms with Gasteiger partial charge in [0.1, 0.15) is 11.9 Å². The van der Waals surface area contributed by atoms with Crippen LogP contribution >= 0.6 is 12.4 Å². The average Bonchev–Trinajstić information content (AvgIpc) is 3.28. The van der Waals surface area contributed by atoms with Crippen LogP contribution in [0, 0.1) is 5.82 Å². The largest absolute Gasteiger partial charge is 0.379 e. The molecule has 1 saturated heterocycles. The van der Waals surface area contributed by atoms with Gasteiger partial charge in [-0.15, -0.1) is 12.4 Å². The van der Waals surface area contributed by atoms with E-state index in [1.54, 1.807) is 12.1 Å². The minimum Gasteiger partial charge on any atom is -0.379 e. The molecule has 0 amide bonds. The maximum absolute atomic E-state index is 14.5. The third-order valence-electron chi connectivity index (χ3n) is 5.23. The lowest BCUT2D eigenvalue weighted by atomic mass is 9.98. The van der Waals surface area contributed by atoms with Crippen molar-refractivity contribution >= 4 is 12.4 Å². The summed E-state index contributed by atoms with van der Waals surface area (Å²) in [5.41, 5.74) is 6.47. The lowest BCUT2D eigenvalue weighted by Gasteiger charge is -2.32. The smallest absolute Gasteiger partial charge is 0.248 e. The van der Waals surface area contributed by atoms with Crippen molar-refractivity contribution in [1.82, 2.24) is 15.0 Å². The van der Waals surface area contributed by atoms with E-state index in [9.17, 15) is 4.39 Å². The van der Waals surface area contributed by atoms with Crippen LogP contribution in [0.4, 0.5) is 4.39 Å². The van der Waals surface area contributed by atoms with Gasteiger partial charge in [0.25, 0.3) is 0 Å².